The third-order valence-electron chi connectivity index (χ3n) is 4.48. The van der Waals surface area contributed by atoms with E-state index in [4.69, 9.17) is 16.3 Å². The lowest BCUT2D eigenvalue weighted by Gasteiger charge is -2.22. The molecule has 1 atom stereocenters. The van der Waals surface area contributed by atoms with Gasteiger partial charge in [-0.3, -0.25) is 0 Å². The van der Waals surface area contributed by atoms with Crippen molar-refractivity contribution in [2.75, 3.05) is 11.9 Å². The molecular weight excluding hydrogens is 423 g/mol. The minimum absolute atomic E-state index is 0.0416. The molecule has 5 nitrogen and oxygen atoms in total. The highest BCUT2D eigenvalue weighted by molar-refractivity contribution is 9.10. The number of fused-ring (bicyclic) bond motifs is 1. The summed E-state index contributed by atoms with van der Waals surface area (Å²) in [6.07, 6.45) is 2.49. The molecule has 4 rings (SSSR count). The van der Waals surface area contributed by atoms with E-state index in [1.165, 1.54) is 4.52 Å². The number of hydrogen-bond acceptors (Lipinski definition) is 4. The number of ether oxygens (including phenoxy) is 1. The number of halogens is 3. The van der Waals surface area contributed by atoms with E-state index in [-0.39, 0.29) is 22.7 Å². The maximum Gasteiger partial charge on any atom is 0.243 e. The van der Waals surface area contributed by atoms with Gasteiger partial charge < -0.3 is 10.1 Å². The molecule has 0 aliphatic carbocycles. The lowest BCUT2D eigenvalue weighted by Crippen LogP contribution is -2.12. The zero-order chi connectivity index (χ0) is 18.1. The van der Waals surface area contributed by atoms with Crippen molar-refractivity contribution in [2.45, 2.75) is 31.9 Å². The maximum atomic E-state index is 15.3. The molecule has 3 aromatic rings. The van der Waals surface area contributed by atoms with E-state index >= 15 is 4.39 Å². The van der Waals surface area contributed by atoms with Crippen LogP contribution in [0.3, 0.4) is 0 Å². The summed E-state index contributed by atoms with van der Waals surface area (Å²) in [4.78, 5) is 4.20. The summed E-state index contributed by atoms with van der Waals surface area (Å²) in [6.45, 7) is 1.13. The molecule has 0 saturated carbocycles. The molecule has 1 fully saturated rings. The van der Waals surface area contributed by atoms with Crippen molar-refractivity contribution in [3.05, 3.63) is 57.2 Å². The molecule has 136 valence electrons. The molecule has 2 aromatic heterocycles. The minimum atomic E-state index is -0.379. The zero-order valence-electron chi connectivity index (χ0n) is 13.9. The van der Waals surface area contributed by atoms with E-state index in [1.54, 1.807) is 0 Å². The molecule has 0 radical (unpaired) electrons. The molecule has 0 bridgehead atoms. The molecule has 1 aromatic carbocycles. The molecule has 1 aliphatic rings. The van der Waals surface area contributed by atoms with Crippen LogP contribution in [0.4, 0.5) is 10.2 Å². The van der Waals surface area contributed by atoms with Crippen LogP contribution in [0.1, 0.15) is 36.5 Å². The van der Waals surface area contributed by atoms with Crippen LogP contribution in [0, 0.1) is 5.82 Å². The molecule has 1 N–H and O–H groups in total. The highest BCUT2D eigenvalue weighted by Gasteiger charge is 2.29. The Balaban J connectivity index is 1.75. The molecule has 8 heteroatoms. The van der Waals surface area contributed by atoms with Crippen molar-refractivity contribution in [3.8, 4) is 0 Å². The van der Waals surface area contributed by atoms with E-state index in [9.17, 15) is 0 Å². The maximum absolute atomic E-state index is 15.3. The van der Waals surface area contributed by atoms with Crippen molar-refractivity contribution in [2.24, 2.45) is 0 Å². The second-order valence-corrected chi connectivity index (χ2v) is 7.29. The van der Waals surface area contributed by atoms with Gasteiger partial charge in [0.2, 0.25) is 5.28 Å². The Hall–Kier alpha value is -1.70. The van der Waals surface area contributed by atoms with Crippen molar-refractivity contribution < 1.29 is 9.13 Å². The lowest BCUT2D eigenvalue weighted by molar-refractivity contribution is 0.0126. The number of anilines is 1. The van der Waals surface area contributed by atoms with E-state index < -0.39 is 0 Å². The Morgan fingerprint density at radius 1 is 1.31 bits per heavy atom. The van der Waals surface area contributed by atoms with Crippen LogP contribution in [-0.2, 0) is 11.3 Å². The Bertz CT molecular complexity index is 928. The summed E-state index contributed by atoms with van der Waals surface area (Å²) in [7, 11) is 0. The quantitative estimate of drug-likeness (QED) is 0.612. The summed E-state index contributed by atoms with van der Waals surface area (Å²) in [5, 5.41) is 7.37. The molecule has 0 amide bonds. The van der Waals surface area contributed by atoms with Crippen LogP contribution in [0.5, 0.6) is 0 Å². The summed E-state index contributed by atoms with van der Waals surface area (Å²) in [5.74, 6) is -0.0230. The topological polar surface area (TPSA) is 51.5 Å². The Morgan fingerprint density at radius 3 is 2.85 bits per heavy atom. The molecule has 0 spiro atoms. The average molecular weight is 440 g/mol. The predicted molar refractivity (Wildman–Crippen MR) is 102 cm³/mol. The standard InChI is InChI=1S/C18H17BrClFN4O/c19-16-13(12-8-4-5-9-26-12)14(21)15-17(23-18(20)24-25(15)16)22-10-11-6-2-1-3-7-11/h1-3,6-7,12H,4-5,8-10H2,(H,22,23,24). The largest absolute Gasteiger partial charge is 0.373 e. The van der Waals surface area contributed by atoms with Gasteiger partial charge in [0.15, 0.2) is 11.6 Å². The predicted octanol–water partition coefficient (Wildman–Crippen LogP) is 5.14. The minimum Gasteiger partial charge on any atom is -0.373 e. The molecule has 1 unspecified atom stereocenters. The van der Waals surface area contributed by atoms with Crippen LogP contribution < -0.4 is 5.32 Å². The van der Waals surface area contributed by atoms with Gasteiger partial charge in [0.05, 0.1) is 11.7 Å². The van der Waals surface area contributed by atoms with E-state index in [1.807, 2.05) is 30.3 Å². The van der Waals surface area contributed by atoms with E-state index in [0.29, 0.717) is 29.1 Å². The van der Waals surface area contributed by atoms with Gasteiger partial charge in [0.25, 0.3) is 0 Å². The third kappa shape index (κ3) is 3.31. The molecule has 1 saturated heterocycles. The van der Waals surface area contributed by atoms with Crippen LogP contribution in [0.15, 0.2) is 34.9 Å². The lowest BCUT2D eigenvalue weighted by atomic mass is 10.0. The number of nitrogens with zero attached hydrogens (tertiary/aromatic N) is 3. The molecule has 26 heavy (non-hydrogen) atoms. The number of hydrogen-bond donors (Lipinski definition) is 1. The van der Waals surface area contributed by atoms with Crippen LogP contribution in [0.25, 0.3) is 5.52 Å². The second-order valence-electron chi connectivity index (χ2n) is 6.20. The van der Waals surface area contributed by atoms with Crippen LogP contribution in [-0.4, -0.2) is 21.2 Å². The first-order valence-corrected chi connectivity index (χ1v) is 9.65. The fraction of sp³-hybridized carbons (Fsp3) is 0.333. The van der Waals surface area contributed by atoms with Gasteiger partial charge in [-0.1, -0.05) is 30.3 Å². The van der Waals surface area contributed by atoms with Gasteiger partial charge in [-0.25, -0.2) is 8.91 Å². The Labute approximate surface area is 163 Å². The second kappa shape index (κ2) is 7.50. The summed E-state index contributed by atoms with van der Waals surface area (Å²) >= 11 is 9.54. The number of rotatable bonds is 4. The van der Waals surface area contributed by atoms with Gasteiger partial charge in [-0.2, -0.15) is 4.98 Å². The molecular formula is C18H17BrClFN4O. The molecule has 3 heterocycles. The fourth-order valence-electron chi connectivity index (χ4n) is 3.22. The van der Waals surface area contributed by atoms with Gasteiger partial charge in [0.1, 0.15) is 10.1 Å². The first kappa shape index (κ1) is 17.7. The smallest absolute Gasteiger partial charge is 0.243 e. The SMILES string of the molecule is Fc1c(C2CCCCO2)c(Br)n2nc(Cl)nc(NCc3ccccc3)c12. The first-order chi connectivity index (χ1) is 12.6. The summed E-state index contributed by atoms with van der Waals surface area (Å²) < 4.78 is 23.0. The highest BCUT2D eigenvalue weighted by Crippen LogP contribution is 2.39. The van der Waals surface area contributed by atoms with Crippen LogP contribution >= 0.6 is 27.5 Å². The number of aromatic nitrogens is 3. The number of benzene rings is 1. The normalized spacial score (nSPS) is 17.6. The third-order valence-corrected chi connectivity index (χ3v) is 5.40. The zero-order valence-corrected chi connectivity index (χ0v) is 16.2. The summed E-state index contributed by atoms with van der Waals surface area (Å²) in [5.41, 5.74) is 1.80. The highest BCUT2D eigenvalue weighted by atomic mass is 79.9. The van der Waals surface area contributed by atoms with E-state index in [2.05, 4.69) is 31.3 Å². The number of nitrogens with one attached hydrogen (secondary N) is 1. The van der Waals surface area contributed by atoms with Crippen LogP contribution in [0.2, 0.25) is 5.28 Å². The molecule has 1 aliphatic heterocycles. The van der Waals surface area contributed by atoms with Crippen molar-refractivity contribution >= 4 is 38.9 Å². The van der Waals surface area contributed by atoms with Gasteiger partial charge in [-0.15, -0.1) is 5.10 Å². The van der Waals surface area contributed by atoms with Crippen molar-refractivity contribution in [1.29, 1.82) is 0 Å². The average Bonchev–Trinajstić information content (AvgIpc) is 2.92. The van der Waals surface area contributed by atoms with E-state index in [0.717, 1.165) is 24.8 Å². The fourth-order valence-corrected chi connectivity index (χ4v) is 4.07. The van der Waals surface area contributed by atoms with Crippen molar-refractivity contribution in [3.63, 3.8) is 0 Å². The summed E-state index contributed by atoms with van der Waals surface area (Å²) in [6, 6.07) is 9.82. The Morgan fingerprint density at radius 2 is 2.12 bits per heavy atom. The van der Waals surface area contributed by atoms with Gasteiger partial charge in [0, 0.05) is 13.2 Å². The monoisotopic (exact) mass is 438 g/mol. The van der Waals surface area contributed by atoms with Crippen molar-refractivity contribution in [1.82, 2.24) is 14.6 Å². The van der Waals surface area contributed by atoms with Gasteiger partial charge >= 0.3 is 0 Å². The first-order valence-electron chi connectivity index (χ1n) is 8.47. The Kier molecular flexibility index (Phi) is 5.11. The van der Waals surface area contributed by atoms with Gasteiger partial charge in [-0.05, 0) is 52.4 Å².